The molecule has 0 radical (unpaired) electrons. The van der Waals surface area contributed by atoms with Gasteiger partial charge in [-0.05, 0) is 6.08 Å². The Morgan fingerprint density at radius 3 is 2.78 bits per heavy atom. The number of carboxylic acid groups (broad SMARTS) is 1. The summed E-state index contributed by atoms with van der Waals surface area (Å²) in [6, 6.07) is 0. The quantitative estimate of drug-likeness (QED) is 0.434. The lowest BCUT2D eigenvalue weighted by atomic mass is 10.4. The molecule has 1 N–H and O–H groups in total. The molecule has 9 heavy (non-hydrogen) atoms. The Morgan fingerprint density at radius 2 is 2.33 bits per heavy atom. The van der Waals surface area contributed by atoms with Crippen molar-refractivity contribution >= 4 is 12.4 Å². The molecule has 0 aliphatic heterocycles. The minimum Gasteiger partial charge on any atom is -0.481 e. The highest BCUT2D eigenvalue weighted by Crippen LogP contribution is 1.81. The van der Waals surface area contributed by atoms with Crippen LogP contribution in [0.4, 0.5) is 0 Å². The highest BCUT2D eigenvalue weighted by molar-refractivity contribution is 5.68. The maximum atomic E-state index is 9.77. The average molecular weight is 130 g/mol. The zero-order valence-electron chi connectivity index (χ0n) is 4.61. The number of rotatable bonds is 4. The van der Waals surface area contributed by atoms with Gasteiger partial charge in [-0.3, -0.25) is 9.59 Å². The molecule has 4 heteroatoms. The standard InChI is InChI=1S/C5H6O4/c6-4-9-3-1-2-5(7)8/h1,3-4H,2H2,(H,7,8)/b3-1+. The van der Waals surface area contributed by atoms with Gasteiger partial charge in [0.05, 0.1) is 12.7 Å². The first-order valence-corrected chi connectivity index (χ1v) is 2.23. The third-order valence-corrected chi connectivity index (χ3v) is 0.523. The van der Waals surface area contributed by atoms with Gasteiger partial charge in [0.2, 0.25) is 0 Å². The summed E-state index contributed by atoms with van der Waals surface area (Å²) in [5.74, 6) is -0.958. The number of carboxylic acids is 1. The van der Waals surface area contributed by atoms with Crippen LogP contribution >= 0.6 is 0 Å². The van der Waals surface area contributed by atoms with E-state index < -0.39 is 5.97 Å². The molecule has 0 saturated carbocycles. The molecule has 0 fully saturated rings. The first-order valence-electron chi connectivity index (χ1n) is 2.23. The Bertz CT molecular complexity index is 127. The maximum absolute atomic E-state index is 9.77. The van der Waals surface area contributed by atoms with Gasteiger partial charge in [-0.15, -0.1) is 0 Å². The van der Waals surface area contributed by atoms with Crippen LogP contribution in [-0.4, -0.2) is 17.5 Å². The van der Waals surface area contributed by atoms with Crippen molar-refractivity contribution in [2.24, 2.45) is 0 Å². The van der Waals surface area contributed by atoms with E-state index in [9.17, 15) is 9.59 Å². The number of hydrogen-bond acceptors (Lipinski definition) is 3. The lowest BCUT2D eigenvalue weighted by Crippen LogP contribution is -1.89. The van der Waals surface area contributed by atoms with E-state index in [4.69, 9.17) is 5.11 Å². The Balaban J connectivity index is 3.24. The van der Waals surface area contributed by atoms with Crippen molar-refractivity contribution in [2.45, 2.75) is 6.42 Å². The fourth-order valence-corrected chi connectivity index (χ4v) is 0.237. The van der Waals surface area contributed by atoms with Gasteiger partial charge in [0.15, 0.2) is 0 Å². The Labute approximate surface area is 51.7 Å². The second-order valence-electron chi connectivity index (χ2n) is 1.20. The topological polar surface area (TPSA) is 63.6 Å². The van der Waals surface area contributed by atoms with Crippen LogP contribution in [0.5, 0.6) is 0 Å². The van der Waals surface area contributed by atoms with Crippen LogP contribution < -0.4 is 0 Å². The smallest absolute Gasteiger partial charge is 0.307 e. The molecule has 0 atom stereocenters. The zero-order valence-corrected chi connectivity index (χ0v) is 4.61. The molecule has 0 spiro atoms. The molecule has 50 valence electrons. The zero-order chi connectivity index (χ0) is 7.11. The molecule has 0 rings (SSSR count). The van der Waals surface area contributed by atoms with E-state index in [0.29, 0.717) is 0 Å². The Morgan fingerprint density at radius 1 is 1.67 bits per heavy atom. The fraction of sp³-hybridized carbons (Fsp3) is 0.200. The monoisotopic (exact) mass is 130 g/mol. The lowest BCUT2D eigenvalue weighted by Gasteiger charge is -1.82. The van der Waals surface area contributed by atoms with Crippen LogP contribution in [0, 0.1) is 0 Å². The minimum absolute atomic E-state index is 0.131. The van der Waals surface area contributed by atoms with Crippen LogP contribution in [0.2, 0.25) is 0 Å². The predicted octanol–water partition coefficient (Wildman–Crippen LogP) is 0.148. The van der Waals surface area contributed by atoms with Crippen LogP contribution in [0.15, 0.2) is 12.3 Å². The molecule has 0 aromatic rings. The largest absolute Gasteiger partial charge is 0.481 e. The number of carbonyl (C=O) groups excluding carboxylic acids is 1. The highest BCUT2D eigenvalue weighted by Gasteiger charge is 1.87. The molecule has 0 aromatic heterocycles. The van der Waals surface area contributed by atoms with Gasteiger partial charge in [-0.1, -0.05) is 0 Å². The summed E-state index contributed by atoms with van der Waals surface area (Å²) in [4.78, 5) is 19.2. The summed E-state index contributed by atoms with van der Waals surface area (Å²) in [5.41, 5.74) is 0. The summed E-state index contributed by atoms with van der Waals surface area (Å²) in [5, 5.41) is 8.02. The Kier molecular flexibility index (Phi) is 4.12. The molecule has 0 bridgehead atoms. The lowest BCUT2D eigenvalue weighted by molar-refractivity contribution is -0.136. The first-order chi connectivity index (χ1) is 4.27. The number of aliphatic carboxylic acids is 1. The second-order valence-corrected chi connectivity index (χ2v) is 1.20. The SMILES string of the molecule is O=CO/C=C/CC(=O)O. The summed E-state index contributed by atoms with van der Waals surface area (Å²) >= 11 is 0. The highest BCUT2D eigenvalue weighted by atomic mass is 16.5. The second kappa shape index (κ2) is 4.83. The Hall–Kier alpha value is -1.32. The molecule has 4 nitrogen and oxygen atoms in total. The molecular formula is C5H6O4. The maximum Gasteiger partial charge on any atom is 0.307 e. The normalized spacial score (nSPS) is 9.33. The van der Waals surface area contributed by atoms with Crippen LogP contribution in [0.25, 0.3) is 0 Å². The summed E-state index contributed by atoms with van der Waals surface area (Å²) in [6.07, 6.45) is 2.13. The molecule has 0 aliphatic rings. The van der Waals surface area contributed by atoms with E-state index in [1.165, 1.54) is 6.08 Å². The number of hydrogen-bond donors (Lipinski definition) is 1. The van der Waals surface area contributed by atoms with Gasteiger partial charge in [-0.2, -0.15) is 0 Å². The van der Waals surface area contributed by atoms with Crippen LogP contribution in [0.1, 0.15) is 6.42 Å². The molecule has 0 unspecified atom stereocenters. The molecule has 0 saturated heterocycles. The van der Waals surface area contributed by atoms with Gasteiger partial charge >= 0.3 is 5.97 Å². The average Bonchev–Trinajstić information content (AvgIpc) is 1.80. The molecular weight excluding hydrogens is 124 g/mol. The van der Waals surface area contributed by atoms with E-state index in [-0.39, 0.29) is 12.9 Å². The number of carbonyl (C=O) groups is 2. The summed E-state index contributed by atoms with van der Waals surface area (Å²) < 4.78 is 4.06. The van der Waals surface area contributed by atoms with E-state index in [1.54, 1.807) is 0 Å². The van der Waals surface area contributed by atoms with Gasteiger partial charge in [0.1, 0.15) is 0 Å². The van der Waals surface area contributed by atoms with Crippen molar-refractivity contribution in [3.8, 4) is 0 Å². The third kappa shape index (κ3) is 6.68. The minimum atomic E-state index is -0.958. The van der Waals surface area contributed by atoms with Crippen molar-refractivity contribution in [3.63, 3.8) is 0 Å². The van der Waals surface area contributed by atoms with Gasteiger partial charge < -0.3 is 9.84 Å². The van der Waals surface area contributed by atoms with Gasteiger partial charge in [0, 0.05) is 0 Å². The summed E-state index contributed by atoms with van der Waals surface area (Å²) in [7, 11) is 0. The summed E-state index contributed by atoms with van der Waals surface area (Å²) in [6.45, 7) is 0.221. The van der Waals surface area contributed by atoms with Crippen LogP contribution in [-0.2, 0) is 14.3 Å². The van der Waals surface area contributed by atoms with E-state index in [1.807, 2.05) is 0 Å². The third-order valence-electron chi connectivity index (χ3n) is 0.523. The van der Waals surface area contributed by atoms with E-state index >= 15 is 0 Å². The van der Waals surface area contributed by atoms with Crippen molar-refractivity contribution in [3.05, 3.63) is 12.3 Å². The first kappa shape index (κ1) is 7.68. The predicted molar refractivity (Wildman–Crippen MR) is 28.5 cm³/mol. The molecule has 0 amide bonds. The van der Waals surface area contributed by atoms with Gasteiger partial charge in [0.25, 0.3) is 6.47 Å². The van der Waals surface area contributed by atoms with Gasteiger partial charge in [-0.25, -0.2) is 0 Å². The van der Waals surface area contributed by atoms with Crippen molar-refractivity contribution < 1.29 is 19.4 Å². The van der Waals surface area contributed by atoms with Crippen molar-refractivity contribution in [1.82, 2.24) is 0 Å². The van der Waals surface area contributed by atoms with Crippen molar-refractivity contribution in [1.29, 1.82) is 0 Å². The fourth-order valence-electron chi connectivity index (χ4n) is 0.237. The van der Waals surface area contributed by atoms with Crippen LogP contribution in [0.3, 0.4) is 0 Å². The molecule has 0 heterocycles. The number of ether oxygens (including phenoxy) is 1. The molecule has 0 aliphatic carbocycles. The van der Waals surface area contributed by atoms with E-state index in [2.05, 4.69) is 4.74 Å². The molecule has 0 aromatic carbocycles. The van der Waals surface area contributed by atoms with E-state index in [0.717, 1.165) is 6.26 Å². The van der Waals surface area contributed by atoms with Crippen molar-refractivity contribution in [2.75, 3.05) is 0 Å².